The van der Waals surface area contributed by atoms with E-state index in [9.17, 15) is 9.59 Å². The maximum absolute atomic E-state index is 13.9. The van der Waals surface area contributed by atoms with E-state index in [-0.39, 0.29) is 19.1 Å². The molecule has 1 fully saturated rings. The molecule has 11 heteroatoms. The molecular formula is C26H28BrN7O3. The number of rotatable bonds is 5. The van der Waals surface area contributed by atoms with Gasteiger partial charge >= 0.3 is 5.69 Å². The van der Waals surface area contributed by atoms with Crippen LogP contribution in [0.4, 0.5) is 5.95 Å². The Hall–Kier alpha value is -3.62. The monoisotopic (exact) mass is 565 g/mol. The molecule has 192 valence electrons. The topological polar surface area (TPSA) is 113 Å². The van der Waals surface area contributed by atoms with Gasteiger partial charge in [-0.15, -0.1) is 5.92 Å². The van der Waals surface area contributed by atoms with E-state index >= 15 is 0 Å². The Balaban J connectivity index is 1.74. The highest BCUT2D eigenvalue weighted by molar-refractivity contribution is 9.10. The fourth-order valence-electron chi connectivity index (χ4n) is 4.92. The van der Waals surface area contributed by atoms with Crippen molar-refractivity contribution < 1.29 is 4.74 Å². The SMILES string of the molecule is CC#CCn1c(N2CCCC(N)C2)nc2c1c(=O)n(Cc1nc(OC)c(Br)c3ccccc13)c(=O)n2C. The van der Waals surface area contributed by atoms with E-state index in [2.05, 4.69) is 37.7 Å². The Labute approximate surface area is 221 Å². The van der Waals surface area contributed by atoms with Crippen LogP contribution in [0.3, 0.4) is 0 Å². The molecule has 5 rings (SSSR count). The quantitative estimate of drug-likeness (QED) is 0.369. The smallest absolute Gasteiger partial charge is 0.332 e. The number of nitrogens with two attached hydrogens (primary N) is 1. The fourth-order valence-corrected chi connectivity index (χ4v) is 5.52. The predicted molar refractivity (Wildman–Crippen MR) is 147 cm³/mol. The van der Waals surface area contributed by atoms with E-state index in [0.717, 1.165) is 30.2 Å². The van der Waals surface area contributed by atoms with Gasteiger partial charge in [0.1, 0.15) is 0 Å². The third-order valence-corrected chi connectivity index (χ3v) is 7.53. The molecule has 1 aromatic carbocycles. The molecule has 0 spiro atoms. The lowest BCUT2D eigenvalue weighted by atomic mass is 10.1. The molecule has 37 heavy (non-hydrogen) atoms. The molecule has 2 N–H and O–H groups in total. The first-order valence-electron chi connectivity index (χ1n) is 12.1. The van der Waals surface area contributed by atoms with Crippen LogP contribution in [-0.4, -0.2) is 49.9 Å². The van der Waals surface area contributed by atoms with Crippen LogP contribution in [0.2, 0.25) is 0 Å². The van der Waals surface area contributed by atoms with Gasteiger partial charge in [0.05, 0.1) is 30.4 Å². The lowest BCUT2D eigenvalue weighted by molar-refractivity contribution is 0.394. The Bertz CT molecular complexity index is 1690. The minimum atomic E-state index is -0.474. The van der Waals surface area contributed by atoms with Crippen molar-refractivity contribution in [2.75, 3.05) is 25.1 Å². The number of anilines is 1. The number of methoxy groups -OCH3 is 1. The minimum absolute atomic E-state index is 0.0199. The van der Waals surface area contributed by atoms with Crippen LogP contribution in [0.15, 0.2) is 38.3 Å². The first kappa shape index (κ1) is 25.0. The highest BCUT2D eigenvalue weighted by atomic mass is 79.9. The van der Waals surface area contributed by atoms with Crippen molar-refractivity contribution >= 4 is 43.8 Å². The number of ether oxygens (including phenoxy) is 1. The van der Waals surface area contributed by atoms with E-state index < -0.39 is 11.2 Å². The zero-order chi connectivity index (χ0) is 26.3. The van der Waals surface area contributed by atoms with Crippen LogP contribution in [0.25, 0.3) is 21.9 Å². The molecule has 1 aliphatic heterocycles. The molecule has 0 radical (unpaired) electrons. The van der Waals surface area contributed by atoms with Gasteiger partial charge in [0.2, 0.25) is 11.8 Å². The van der Waals surface area contributed by atoms with Crippen molar-refractivity contribution in [3.63, 3.8) is 0 Å². The van der Waals surface area contributed by atoms with Gasteiger partial charge in [-0.1, -0.05) is 30.2 Å². The second-order valence-corrected chi connectivity index (χ2v) is 9.90. The number of halogens is 1. The number of fused-ring (bicyclic) bond motifs is 2. The van der Waals surface area contributed by atoms with Gasteiger partial charge in [0, 0.05) is 37.0 Å². The molecule has 0 saturated carbocycles. The summed E-state index contributed by atoms with van der Waals surface area (Å²) < 4.78 is 10.6. The van der Waals surface area contributed by atoms with Crippen molar-refractivity contribution in [1.29, 1.82) is 0 Å². The van der Waals surface area contributed by atoms with Gasteiger partial charge < -0.3 is 15.4 Å². The number of aryl methyl sites for hydroxylation is 1. The lowest BCUT2D eigenvalue weighted by Crippen LogP contribution is -2.44. The largest absolute Gasteiger partial charge is 0.480 e. The number of benzene rings is 1. The molecule has 0 aliphatic carbocycles. The Kier molecular flexibility index (Phi) is 6.79. The van der Waals surface area contributed by atoms with Crippen molar-refractivity contribution in [1.82, 2.24) is 23.7 Å². The Morgan fingerprint density at radius 3 is 2.65 bits per heavy atom. The van der Waals surface area contributed by atoms with E-state index in [1.807, 2.05) is 24.3 Å². The van der Waals surface area contributed by atoms with Crippen molar-refractivity contribution in [3.05, 3.63) is 55.3 Å². The van der Waals surface area contributed by atoms with Gasteiger partial charge in [-0.2, -0.15) is 4.98 Å². The van der Waals surface area contributed by atoms with Crippen LogP contribution in [0.5, 0.6) is 5.88 Å². The molecule has 10 nitrogen and oxygen atoms in total. The summed E-state index contributed by atoms with van der Waals surface area (Å²) in [4.78, 5) is 38.9. The average Bonchev–Trinajstić information content (AvgIpc) is 3.29. The van der Waals surface area contributed by atoms with E-state index in [0.29, 0.717) is 39.7 Å². The Morgan fingerprint density at radius 2 is 1.95 bits per heavy atom. The highest BCUT2D eigenvalue weighted by Crippen LogP contribution is 2.33. The summed E-state index contributed by atoms with van der Waals surface area (Å²) in [6, 6.07) is 7.67. The number of imidazole rings is 1. The molecule has 1 unspecified atom stereocenters. The first-order valence-corrected chi connectivity index (χ1v) is 12.9. The fraction of sp³-hybridized carbons (Fsp3) is 0.385. The van der Waals surface area contributed by atoms with Gasteiger partial charge in [-0.3, -0.25) is 18.5 Å². The second kappa shape index (κ2) is 10.0. The molecule has 1 aliphatic rings. The van der Waals surface area contributed by atoms with Gasteiger partial charge in [-0.05, 0) is 35.7 Å². The van der Waals surface area contributed by atoms with E-state index in [4.69, 9.17) is 15.5 Å². The summed E-state index contributed by atoms with van der Waals surface area (Å²) in [5.74, 6) is 6.94. The molecular weight excluding hydrogens is 538 g/mol. The number of piperidine rings is 1. The molecule has 1 atom stereocenters. The molecule has 0 amide bonds. The highest BCUT2D eigenvalue weighted by Gasteiger charge is 2.26. The zero-order valence-electron chi connectivity index (χ0n) is 21.0. The summed E-state index contributed by atoms with van der Waals surface area (Å²) >= 11 is 3.55. The number of nitrogens with zero attached hydrogens (tertiary/aromatic N) is 6. The average molecular weight is 566 g/mol. The third kappa shape index (κ3) is 4.30. The number of hydrogen-bond donors (Lipinski definition) is 1. The van der Waals surface area contributed by atoms with Crippen LogP contribution >= 0.6 is 15.9 Å². The summed E-state index contributed by atoms with van der Waals surface area (Å²) in [5, 5.41) is 1.69. The van der Waals surface area contributed by atoms with Crippen molar-refractivity contribution in [2.24, 2.45) is 12.8 Å². The van der Waals surface area contributed by atoms with Gasteiger partial charge in [0.25, 0.3) is 5.56 Å². The van der Waals surface area contributed by atoms with Gasteiger partial charge in [0.15, 0.2) is 11.2 Å². The maximum Gasteiger partial charge on any atom is 0.332 e. The Morgan fingerprint density at radius 1 is 1.19 bits per heavy atom. The van der Waals surface area contributed by atoms with Gasteiger partial charge in [-0.25, -0.2) is 9.78 Å². The number of pyridine rings is 1. The maximum atomic E-state index is 13.9. The third-order valence-electron chi connectivity index (χ3n) is 6.77. The molecule has 1 saturated heterocycles. The van der Waals surface area contributed by atoms with Crippen molar-refractivity contribution in [2.45, 2.75) is 38.9 Å². The number of hydrogen-bond acceptors (Lipinski definition) is 7. The summed E-state index contributed by atoms with van der Waals surface area (Å²) in [5.41, 5.74) is 6.52. The first-order chi connectivity index (χ1) is 17.8. The predicted octanol–water partition coefficient (Wildman–Crippen LogP) is 2.22. The standard InChI is InChI=1S/C26H28BrN7O3/c1-4-5-13-33-21-22(30-25(33)32-12-8-9-16(28)14-32)31(2)26(36)34(24(21)35)15-19-17-10-6-7-11-18(17)20(27)23(29-19)37-3/h6-7,10-11,16H,8-9,12-15,28H2,1-3H3. The van der Waals surface area contributed by atoms with E-state index in [1.165, 1.54) is 16.2 Å². The molecule has 0 bridgehead atoms. The van der Waals surface area contributed by atoms with Crippen LogP contribution < -0.4 is 26.6 Å². The van der Waals surface area contributed by atoms with Crippen LogP contribution in [0.1, 0.15) is 25.5 Å². The van der Waals surface area contributed by atoms with Crippen LogP contribution in [-0.2, 0) is 20.1 Å². The number of aromatic nitrogens is 5. The molecule has 3 aromatic heterocycles. The van der Waals surface area contributed by atoms with Crippen LogP contribution in [0, 0.1) is 11.8 Å². The lowest BCUT2D eigenvalue weighted by Gasteiger charge is -2.31. The molecule has 4 aromatic rings. The second-order valence-electron chi connectivity index (χ2n) is 9.11. The minimum Gasteiger partial charge on any atom is -0.480 e. The summed E-state index contributed by atoms with van der Waals surface area (Å²) in [6.07, 6.45) is 1.87. The zero-order valence-corrected chi connectivity index (χ0v) is 22.6. The van der Waals surface area contributed by atoms with Crippen molar-refractivity contribution in [3.8, 4) is 17.7 Å². The molecule has 4 heterocycles. The normalized spacial score (nSPS) is 15.7. The summed E-state index contributed by atoms with van der Waals surface area (Å²) in [7, 11) is 3.16. The van der Waals surface area contributed by atoms with E-state index in [1.54, 1.807) is 18.5 Å². The summed E-state index contributed by atoms with van der Waals surface area (Å²) in [6.45, 7) is 3.39.